The number of rotatable bonds is 1. The number of benzene rings is 1. The smallest absolute Gasteiger partial charge is 0.247 e. The average Bonchev–Trinajstić information content (AvgIpc) is 3.05. The van der Waals surface area contributed by atoms with E-state index in [9.17, 15) is 9.90 Å². The van der Waals surface area contributed by atoms with Crippen LogP contribution in [0.25, 0.3) is 22.7 Å². The third-order valence-corrected chi connectivity index (χ3v) is 4.07. The van der Waals surface area contributed by atoms with E-state index in [4.69, 9.17) is 4.42 Å². The van der Waals surface area contributed by atoms with E-state index in [2.05, 4.69) is 14.9 Å². The second kappa shape index (κ2) is 4.69. The highest BCUT2D eigenvalue weighted by atomic mass is 16.4. The number of aromatic nitrogens is 2. The molecule has 112 valence electrons. The van der Waals surface area contributed by atoms with E-state index in [1.54, 1.807) is 6.92 Å². The fraction of sp³-hybridized carbons (Fsp3) is 0.312. The Hall–Kier alpha value is -2.63. The van der Waals surface area contributed by atoms with Gasteiger partial charge in [0.05, 0.1) is 0 Å². The van der Waals surface area contributed by atoms with Gasteiger partial charge in [-0.05, 0) is 43.5 Å². The lowest BCUT2D eigenvalue weighted by Crippen LogP contribution is -2.18. The molecule has 3 heterocycles. The van der Waals surface area contributed by atoms with E-state index in [-0.39, 0.29) is 5.76 Å². The van der Waals surface area contributed by atoms with E-state index in [1.807, 2.05) is 12.1 Å². The van der Waals surface area contributed by atoms with Crippen LogP contribution in [-0.2, 0) is 0 Å². The van der Waals surface area contributed by atoms with Gasteiger partial charge in [0.15, 0.2) is 0 Å². The van der Waals surface area contributed by atoms with Crippen LogP contribution in [0.3, 0.4) is 0 Å². The molecule has 3 aliphatic rings. The lowest BCUT2D eigenvalue weighted by molar-refractivity contribution is 0.447. The Kier molecular flexibility index (Phi) is 2.79. The maximum Gasteiger partial charge on any atom is 0.247 e. The summed E-state index contributed by atoms with van der Waals surface area (Å²) in [6.07, 6.45) is 2.32. The van der Waals surface area contributed by atoms with Crippen molar-refractivity contribution in [2.24, 2.45) is 0 Å². The van der Waals surface area contributed by atoms with E-state index in [0.29, 0.717) is 22.5 Å². The normalized spacial score (nSPS) is 15.0. The minimum absolute atomic E-state index is 0.101. The molecule has 22 heavy (non-hydrogen) atoms. The number of nitrogens with zero attached hydrogens (tertiary/aromatic N) is 3. The Bertz CT molecular complexity index is 897. The van der Waals surface area contributed by atoms with E-state index >= 15 is 0 Å². The summed E-state index contributed by atoms with van der Waals surface area (Å²) in [6.45, 7) is 3.73. The zero-order valence-corrected chi connectivity index (χ0v) is 12.2. The third kappa shape index (κ3) is 1.91. The first-order valence-electron chi connectivity index (χ1n) is 7.32. The van der Waals surface area contributed by atoms with Crippen molar-refractivity contribution >= 4 is 17.0 Å². The molecule has 4 rings (SSSR count). The van der Waals surface area contributed by atoms with Gasteiger partial charge in [-0.3, -0.25) is 4.79 Å². The number of phenols is 1. The maximum atomic E-state index is 11.7. The lowest BCUT2D eigenvalue weighted by Gasteiger charge is -2.16. The maximum absolute atomic E-state index is 11.7. The minimum Gasteiger partial charge on any atom is -0.501 e. The number of phenolic OH excluding ortho intramolecular Hbond substituents is 1. The van der Waals surface area contributed by atoms with Gasteiger partial charge in [-0.25, -0.2) is 4.98 Å². The standard InChI is InChI=1S/C16H15N3O3/c1-9-8-11(20)14(21)15-13(9)17-10-4-5-12(18-16(10)22-15)19-6-2-3-7-19/h4-5,8,21H,2-3,6-7H2,1H3. The van der Waals surface area contributed by atoms with E-state index < -0.39 is 11.2 Å². The third-order valence-electron chi connectivity index (χ3n) is 4.07. The van der Waals surface area contributed by atoms with Crippen LogP contribution in [0.4, 0.5) is 5.82 Å². The number of aryl methyl sites for hydroxylation is 1. The largest absolute Gasteiger partial charge is 0.501 e. The summed E-state index contributed by atoms with van der Waals surface area (Å²) in [5.74, 6) is 0.524. The second-order valence-corrected chi connectivity index (χ2v) is 5.62. The number of fused-ring (bicyclic) bond motifs is 2. The highest BCUT2D eigenvalue weighted by Gasteiger charge is 2.21. The van der Waals surface area contributed by atoms with Crippen LogP contribution in [0, 0.1) is 6.92 Å². The monoisotopic (exact) mass is 297 g/mol. The summed E-state index contributed by atoms with van der Waals surface area (Å²) in [5.41, 5.74) is 1.63. The molecule has 1 N–H and O–H groups in total. The number of hydrogen-bond acceptors (Lipinski definition) is 6. The van der Waals surface area contributed by atoms with Crippen molar-refractivity contribution in [1.82, 2.24) is 9.97 Å². The first-order valence-corrected chi connectivity index (χ1v) is 7.32. The molecule has 0 spiro atoms. The van der Waals surface area contributed by atoms with Gasteiger partial charge in [-0.1, -0.05) is 0 Å². The molecule has 2 aliphatic heterocycles. The molecule has 0 aromatic carbocycles. The Balaban J connectivity index is 1.97. The molecule has 1 aromatic heterocycles. The molecule has 1 fully saturated rings. The Morgan fingerprint density at radius 2 is 2.00 bits per heavy atom. The van der Waals surface area contributed by atoms with Crippen LogP contribution in [0.2, 0.25) is 0 Å². The molecule has 1 saturated heterocycles. The van der Waals surface area contributed by atoms with Crippen molar-refractivity contribution in [2.45, 2.75) is 19.8 Å². The van der Waals surface area contributed by atoms with Gasteiger partial charge in [0.25, 0.3) is 0 Å². The summed E-state index contributed by atoms with van der Waals surface area (Å²) in [5, 5.41) is 9.94. The summed E-state index contributed by atoms with van der Waals surface area (Å²) < 4.78 is 5.69. The van der Waals surface area contributed by atoms with E-state index in [1.165, 1.54) is 6.07 Å². The predicted octanol–water partition coefficient (Wildman–Crippen LogP) is 2.30. The molecule has 0 unspecified atom stereocenters. The molecule has 0 radical (unpaired) electrons. The fourth-order valence-electron chi connectivity index (χ4n) is 2.90. The van der Waals surface area contributed by atoms with Gasteiger partial charge in [-0.15, -0.1) is 0 Å². The molecule has 0 saturated carbocycles. The molecule has 0 amide bonds. The molecule has 1 aliphatic carbocycles. The summed E-state index contributed by atoms with van der Waals surface area (Å²) in [7, 11) is 0. The SMILES string of the molecule is Cc1cc(=O)c(O)c2oc3nc(N4CCCC4)ccc3nc1-2. The number of hydrogen-bond donors (Lipinski definition) is 1. The highest BCUT2D eigenvalue weighted by Crippen LogP contribution is 2.32. The predicted molar refractivity (Wildman–Crippen MR) is 82.5 cm³/mol. The molecule has 0 atom stereocenters. The van der Waals surface area contributed by atoms with Crippen molar-refractivity contribution in [2.75, 3.05) is 18.0 Å². The van der Waals surface area contributed by atoms with Crippen molar-refractivity contribution in [1.29, 1.82) is 0 Å². The quantitative estimate of drug-likeness (QED) is 0.694. The number of aromatic hydroxyl groups is 1. The second-order valence-electron chi connectivity index (χ2n) is 5.62. The summed E-state index contributed by atoms with van der Waals surface area (Å²) in [4.78, 5) is 22.9. The zero-order chi connectivity index (χ0) is 15.3. The molecule has 0 bridgehead atoms. The Labute approximate surface area is 126 Å². The minimum atomic E-state index is -0.467. The van der Waals surface area contributed by atoms with Gasteiger partial charge >= 0.3 is 0 Å². The van der Waals surface area contributed by atoms with E-state index in [0.717, 1.165) is 31.7 Å². The zero-order valence-electron chi connectivity index (χ0n) is 12.2. The van der Waals surface area contributed by atoms with Crippen molar-refractivity contribution < 1.29 is 9.52 Å². The van der Waals surface area contributed by atoms with Crippen LogP contribution in [-0.4, -0.2) is 28.2 Å². The van der Waals surface area contributed by atoms with Crippen LogP contribution < -0.4 is 10.3 Å². The van der Waals surface area contributed by atoms with Crippen LogP contribution in [0.15, 0.2) is 27.4 Å². The molecular formula is C16H15N3O3. The van der Waals surface area contributed by atoms with Gasteiger partial charge in [0.1, 0.15) is 17.0 Å². The first-order chi connectivity index (χ1) is 10.6. The van der Waals surface area contributed by atoms with Gasteiger partial charge < -0.3 is 14.4 Å². The Morgan fingerprint density at radius 3 is 2.77 bits per heavy atom. The van der Waals surface area contributed by atoms with Crippen molar-refractivity contribution in [3.63, 3.8) is 0 Å². The molecule has 6 heteroatoms. The Morgan fingerprint density at radius 1 is 1.23 bits per heavy atom. The topological polar surface area (TPSA) is 79.5 Å². The van der Waals surface area contributed by atoms with Crippen molar-refractivity contribution in [3.05, 3.63) is 34.0 Å². The first kappa shape index (κ1) is 13.1. The highest BCUT2D eigenvalue weighted by molar-refractivity contribution is 5.77. The molecule has 1 aromatic rings. The van der Waals surface area contributed by atoms with Gasteiger partial charge in [0.2, 0.25) is 22.7 Å². The van der Waals surface area contributed by atoms with Crippen LogP contribution >= 0.6 is 0 Å². The van der Waals surface area contributed by atoms with Crippen LogP contribution in [0.1, 0.15) is 18.4 Å². The van der Waals surface area contributed by atoms with Crippen LogP contribution in [0.5, 0.6) is 5.75 Å². The van der Waals surface area contributed by atoms with Gasteiger partial charge in [-0.2, -0.15) is 4.98 Å². The fourth-order valence-corrected chi connectivity index (χ4v) is 2.90. The van der Waals surface area contributed by atoms with Gasteiger partial charge in [0, 0.05) is 13.1 Å². The molecular weight excluding hydrogens is 282 g/mol. The average molecular weight is 297 g/mol. The van der Waals surface area contributed by atoms with Crippen molar-refractivity contribution in [3.8, 4) is 17.2 Å². The number of pyridine rings is 1. The summed E-state index contributed by atoms with van der Waals surface area (Å²) in [6, 6.07) is 5.15. The molecule has 6 nitrogen and oxygen atoms in total. The number of anilines is 1. The lowest BCUT2D eigenvalue weighted by atomic mass is 10.1. The summed E-state index contributed by atoms with van der Waals surface area (Å²) >= 11 is 0.